The lowest BCUT2D eigenvalue weighted by atomic mass is 9.76. The van der Waals surface area contributed by atoms with Crippen molar-refractivity contribution >= 4 is 11.6 Å². The maximum absolute atomic E-state index is 14.1. The van der Waals surface area contributed by atoms with E-state index in [0.29, 0.717) is 17.0 Å². The SMILES string of the molecule is Cc1ccc(CC(CN)(CO)c2ccccc2F)c(Cl)c1. The number of aryl methyl sites for hydroxylation is 1. The summed E-state index contributed by atoms with van der Waals surface area (Å²) in [5.41, 5.74) is 7.33. The summed E-state index contributed by atoms with van der Waals surface area (Å²) in [5, 5.41) is 10.5. The monoisotopic (exact) mass is 307 g/mol. The van der Waals surface area contributed by atoms with Crippen molar-refractivity contribution in [3.05, 3.63) is 70.0 Å². The Balaban J connectivity index is 2.46. The Labute approximate surface area is 129 Å². The maximum atomic E-state index is 14.1. The second kappa shape index (κ2) is 6.56. The van der Waals surface area contributed by atoms with Crippen molar-refractivity contribution in [1.29, 1.82) is 0 Å². The average molecular weight is 308 g/mol. The molecule has 1 unspecified atom stereocenters. The normalized spacial score (nSPS) is 14.0. The van der Waals surface area contributed by atoms with Crippen LogP contribution in [0.15, 0.2) is 42.5 Å². The van der Waals surface area contributed by atoms with Gasteiger partial charge in [0.2, 0.25) is 0 Å². The zero-order valence-electron chi connectivity index (χ0n) is 11.9. The minimum atomic E-state index is -0.871. The highest BCUT2D eigenvalue weighted by Gasteiger charge is 2.33. The lowest BCUT2D eigenvalue weighted by molar-refractivity contribution is 0.192. The second-order valence-corrected chi connectivity index (χ2v) is 5.80. The molecule has 3 N–H and O–H groups in total. The van der Waals surface area contributed by atoms with E-state index in [1.165, 1.54) is 6.07 Å². The molecule has 0 saturated heterocycles. The number of nitrogens with two attached hydrogens (primary N) is 1. The predicted molar refractivity (Wildman–Crippen MR) is 84.1 cm³/mol. The van der Waals surface area contributed by atoms with Crippen molar-refractivity contribution < 1.29 is 9.50 Å². The van der Waals surface area contributed by atoms with Crippen LogP contribution >= 0.6 is 11.6 Å². The maximum Gasteiger partial charge on any atom is 0.127 e. The second-order valence-electron chi connectivity index (χ2n) is 5.39. The first-order valence-corrected chi connectivity index (χ1v) is 7.21. The minimum absolute atomic E-state index is 0.134. The van der Waals surface area contributed by atoms with Crippen LogP contribution in [0.1, 0.15) is 16.7 Å². The summed E-state index contributed by atoms with van der Waals surface area (Å²) in [6.07, 6.45) is 0.389. The first kappa shape index (κ1) is 16.0. The molecule has 2 rings (SSSR count). The van der Waals surface area contributed by atoms with Crippen LogP contribution in [-0.4, -0.2) is 18.3 Å². The van der Waals surface area contributed by atoms with E-state index in [9.17, 15) is 9.50 Å². The van der Waals surface area contributed by atoms with Gasteiger partial charge in [0.05, 0.1) is 6.61 Å². The van der Waals surface area contributed by atoms with Crippen LogP contribution in [0.25, 0.3) is 0 Å². The highest BCUT2D eigenvalue weighted by Crippen LogP contribution is 2.32. The molecular weight excluding hydrogens is 289 g/mol. The largest absolute Gasteiger partial charge is 0.395 e. The Hall–Kier alpha value is -1.42. The standard InChI is InChI=1S/C17H19ClFNO/c1-12-6-7-13(15(18)8-12)9-17(10-20,11-21)14-4-2-3-5-16(14)19/h2-8,21H,9-11,20H2,1H3. The van der Waals surface area contributed by atoms with E-state index in [4.69, 9.17) is 17.3 Å². The van der Waals surface area contributed by atoms with Gasteiger partial charge in [0.25, 0.3) is 0 Å². The summed E-state index contributed by atoms with van der Waals surface area (Å²) in [6.45, 7) is 1.85. The molecule has 0 radical (unpaired) electrons. The van der Waals surface area contributed by atoms with Crippen molar-refractivity contribution in [2.24, 2.45) is 5.73 Å². The van der Waals surface area contributed by atoms with E-state index in [-0.39, 0.29) is 19.0 Å². The van der Waals surface area contributed by atoms with E-state index in [1.54, 1.807) is 18.2 Å². The molecule has 0 aliphatic carbocycles. The molecule has 0 bridgehead atoms. The molecule has 2 aromatic carbocycles. The van der Waals surface area contributed by atoms with Crippen LogP contribution in [0.4, 0.5) is 4.39 Å². The van der Waals surface area contributed by atoms with Crippen LogP contribution in [0.2, 0.25) is 5.02 Å². The predicted octanol–water partition coefficient (Wildman–Crippen LogP) is 3.22. The molecule has 4 heteroatoms. The summed E-state index contributed by atoms with van der Waals surface area (Å²) in [5.74, 6) is -0.361. The van der Waals surface area contributed by atoms with E-state index in [2.05, 4.69) is 0 Å². The van der Waals surface area contributed by atoms with Gasteiger partial charge in [0.15, 0.2) is 0 Å². The van der Waals surface area contributed by atoms with Crippen LogP contribution in [0.3, 0.4) is 0 Å². The number of halogens is 2. The van der Waals surface area contributed by atoms with E-state index in [0.717, 1.165) is 11.1 Å². The molecular formula is C17H19ClFNO. The Morgan fingerprint density at radius 1 is 1.24 bits per heavy atom. The third kappa shape index (κ3) is 3.26. The zero-order valence-corrected chi connectivity index (χ0v) is 12.7. The van der Waals surface area contributed by atoms with Crippen LogP contribution < -0.4 is 5.73 Å². The molecule has 21 heavy (non-hydrogen) atoms. The Morgan fingerprint density at radius 3 is 2.52 bits per heavy atom. The van der Waals surface area contributed by atoms with Crippen molar-refractivity contribution in [3.63, 3.8) is 0 Å². The first-order chi connectivity index (χ1) is 10.0. The quantitative estimate of drug-likeness (QED) is 0.891. The highest BCUT2D eigenvalue weighted by molar-refractivity contribution is 6.31. The fraction of sp³-hybridized carbons (Fsp3) is 0.294. The van der Waals surface area contributed by atoms with Crippen LogP contribution in [-0.2, 0) is 11.8 Å². The topological polar surface area (TPSA) is 46.2 Å². The molecule has 0 aromatic heterocycles. The molecule has 0 saturated carbocycles. The lowest BCUT2D eigenvalue weighted by Gasteiger charge is -2.32. The average Bonchev–Trinajstić information content (AvgIpc) is 2.48. The van der Waals surface area contributed by atoms with Gasteiger partial charge < -0.3 is 10.8 Å². The molecule has 1 atom stereocenters. The Bertz CT molecular complexity index is 626. The van der Waals surface area contributed by atoms with Crippen molar-refractivity contribution in [2.45, 2.75) is 18.8 Å². The minimum Gasteiger partial charge on any atom is -0.395 e. The number of aliphatic hydroxyl groups excluding tert-OH is 1. The molecule has 2 nitrogen and oxygen atoms in total. The van der Waals surface area contributed by atoms with E-state index in [1.807, 2.05) is 25.1 Å². The van der Waals surface area contributed by atoms with Crippen molar-refractivity contribution in [3.8, 4) is 0 Å². The number of aliphatic hydroxyl groups is 1. The number of hydrogen-bond acceptors (Lipinski definition) is 2. The third-order valence-electron chi connectivity index (χ3n) is 3.88. The summed E-state index contributed by atoms with van der Waals surface area (Å²) >= 11 is 6.26. The third-order valence-corrected chi connectivity index (χ3v) is 4.23. The summed E-state index contributed by atoms with van der Waals surface area (Å²) in [4.78, 5) is 0. The zero-order chi connectivity index (χ0) is 15.5. The number of benzene rings is 2. The lowest BCUT2D eigenvalue weighted by Crippen LogP contribution is -2.41. The first-order valence-electron chi connectivity index (χ1n) is 6.83. The molecule has 0 heterocycles. The fourth-order valence-corrected chi connectivity index (χ4v) is 2.84. The summed E-state index contributed by atoms with van der Waals surface area (Å²) < 4.78 is 14.1. The van der Waals surface area contributed by atoms with Gasteiger partial charge in [-0.1, -0.05) is 41.9 Å². The van der Waals surface area contributed by atoms with Gasteiger partial charge >= 0.3 is 0 Å². The van der Waals surface area contributed by atoms with Crippen LogP contribution in [0.5, 0.6) is 0 Å². The van der Waals surface area contributed by atoms with Gasteiger partial charge in [-0.05, 0) is 42.2 Å². The molecule has 2 aromatic rings. The number of rotatable bonds is 5. The van der Waals surface area contributed by atoms with E-state index < -0.39 is 5.41 Å². The van der Waals surface area contributed by atoms with Gasteiger partial charge in [-0.3, -0.25) is 0 Å². The highest BCUT2D eigenvalue weighted by atomic mass is 35.5. The van der Waals surface area contributed by atoms with E-state index >= 15 is 0 Å². The molecule has 0 fully saturated rings. The molecule has 0 aliphatic heterocycles. The fourth-order valence-electron chi connectivity index (χ4n) is 2.53. The molecule has 0 aliphatic rings. The number of hydrogen-bond donors (Lipinski definition) is 2. The Morgan fingerprint density at radius 2 is 1.95 bits per heavy atom. The smallest absolute Gasteiger partial charge is 0.127 e. The molecule has 0 amide bonds. The summed E-state index contributed by atoms with van der Waals surface area (Å²) in [7, 11) is 0. The van der Waals surface area contributed by atoms with Gasteiger partial charge in [-0.25, -0.2) is 4.39 Å². The van der Waals surface area contributed by atoms with Gasteiger partial charge in [-0.15, -0.1) is 0 Å². The summed E-state index contributed by atoms with van der Waals surface area (Å²) in [6, 6.07) is 12.1. The van der Waals surface area contributed by atoms with Crippen LogP contribution in [0, 0.1) is 12.7 Å². The van der Waals surface area contributed by atoms with Gasteiger partial charge in [0, 0.05) is 17.0 Å². The molecule has 0 spiro atoms. The van der Waals surface area contributed by atoms with Gasteiger partial charge in [-0.2, -0.15) is 0 Å². The van der Waals surface area contributed by atoms with Crippen molar-refractivity contribution in [1.82, 2.24) is 0 Å². The molecule has 112 valence electrons. The Kier molecular flexibility index (Phi) is 4.99. The van der Waals surface area contributed by atoms with Crippen molar-refractivity contribution in [2.75, 3.05) is 13.2 Å². The van der Waals surface area contributed by atoms with Gasteiger partial charge in [0.1, 0.15) is 5.82 Å².